The Labute approximate surface area is 166 Å². The fourth-order valence-electron chi connectivity index (χ4n) is 3.87. The maximum absolute atomic E-state index is 5.00. The van der Waals surface area contributed by atoms with Crippen molar-refractivity contribution in [3.63, 3.8) is 0 Å². The number of benzene rings is 3. The topological polar surface area (TPSA) is 30.7 Å². The van der Waals surface area contributed by atoms with E-state index in [0.29, 0.717) is 0 Å². The molecular formula is C24H15N3S. The molecule has 0 spiro atoms. The Balaban J connectivity index is 1.70. The molecule has 0 saturated carbocycles. The first-order valence-electron chi connectivity index (χ1n) is 9.19. The third kappa shape index (κ3) is 2.25. The van der Waals surface area contributed by atoms with E-state index < -0.39 is 0 Å². The molecule has 0 amide bonds. The number of imidazole rings is 1. The lowest BCUT2D eigenvalue weighted by Crippen LogP contribution is -2.04. The minimum Gasteiger partial charge on any atom is -0.290 e. The molecule has 3 heterocycles. The van der Waals surface area contributed by atoms with Gasteiger partial charge in [-0.3, -0.25) is 9.55 Å². The Bertz CT molecular complexity index is 1320. The van der Waals surface area contributed by atoms with Crippen molar-refractivity contribution in [2.45, 2.75) is 9.79 Å². The van der Waals surface area contributed by atoms with Crippen molar-refractivity contribution in [1.82, 2.24) is 14.5 Å². The molecule has 0 N–H and O–H groups in total. The van der Waals surface area contributed by atoms with E-state index in [9.17, 15) is 0 Å². The van der Waals surface area contributed by atoms with Gasteiger partial charge in [0.15, 0.2) is 0 Å². The lowest BCUT2D eigenvalue weighted by atomic mass is 10.1. The third-order valence-electron chi connectivity index (χ3n) is 5.11. The minimum atomic E-state index is 0.983. The third-order valence-corrected chi connectivity index (χ3v) is 6.29. The molecule has 0 atom stereocenters. The fourth-order valence-corrected chi connectivity index (χ4v) is 5.09. The highest BCUT2D eigenvalue weighted by Gasteiger charge is 2.25. The first-order valence-corrected chi connectivity index (χ1v) is 10.0. The maximum Gasteiger partial charge on any atom is 0.145 e. The molecule has 3 nitrogen and oxygen atoms in total. The van der Waals surface area contributed by atoms with Crippen LogP contribution in [0.4, 0.5) is 0 Å². The van der Waals surface area contributed by atoms with Gasteiger partial charge in [0, 0.05) is 27.7 Å². The molecule has 0 radical (unpaired) electrons. The lowest BCUT2D eigenvalue weighted by molar-refractivity contribution is 1.04. The SMILES string of the molecule is c1ccc(-c2nc3cccc4c3n2-c2cccc(-c3ccncc3)c2S4)cc1. The van der Waals surface area contributed by atoms with Crippen LogP contribution in [0.25, 0.3) is 39.2 Å². The van der Waals surface area contributed by atoms with E-state index in [2.05, 4.69) is 82.3 Å². The predicted molar refractivity (Wildman–Crippen MR) is 114 cm³/mol. The highest BCUT2D eigenvalue weighted by atomic mass is 32.2. The van der Waals surface area contributed by atoms with Crippen LogP contribution >= 0.6 is 11.8 Å². The molecule has 1 aliphatic heterocycles. The van der Waals surface area contributed by atoms with Gasteiger partial charge in [-0.1, -0.05) is 60.3 Å². The summed E-state index contributed by atoms with van der Waals surface area (Å²) in [6, 6.07) is 27.4. The summed E-state index contributed by atoms with van der Waals surface area (Å²) in [5.74, 6) is 0.983. The van der Waals surface area contributed by atoms with Crippen LogP contribution < -0.4 is 0 Å². The summed E-state index contributed by atoms with van der Waals surface area (Å²) in [5, 5.41) is 0. The van der Waals surface area contributed by atoms with Crippen molar-refractivity contribution in [3.05, 3.63) is 91.3 Å². The van der Waals surface area contributed by atoms with Gasteiger partial charge in [-0.05, 0) is 41.5 Å². The highest BCUT2D eigenvalue weighted by molar-refractivity contribution is 8.00. The average molecular weight is 377 g/mol. The van der Waals surface area contributed by atoms with Gasteiger partial charge in [-0.2, -0.15) is 0 Å². The van der Waals surface area contributed by atoms with Crippen LogP contribution in [0, 0.1) is 0 Å². The Hall–Kier alpha value is -3.37. The summed E-state index contributed by atoms with van der Waals surface area (Å²) in [7, 11) is 0. The van der Waals surface area contributed by atoms with E-state index >= 15 is 0 Å². The highest BCUT2D eigenvalue weighted by Crippen LogP contribution is 2.48. The van der Waals surface area contributed by atoms with Crippen LogP contribution in [-0.2, 0) is 0 Å². The number of rotatable bonds is 2. The van der Waals surface area contributed by atoms with Gasteiger partial charge in [0.05, 0.1) is 16.7 Å². The first kappa shape index (κ1) is 15.7. The van der Waals surface area contributed by atoms with Gasteiger partial charge in [0.1, 0.15) is 5.82 Å². The molecule has 132 valence electrons. The van der Waals surface area contributed by atoms with Crippen LogP contribution in [0.3, 0.4) is 0 Å². The van der Waals surface area contributed by atoms with Gasteiger partial charge in [-0.15, -0.1) is 0 Å². The summed E-state index contributed by atoms with van der Waals surface area (Å²) < 4.78 is 2.32. The van der Waals surface area contributed by atoms with Crippen molar-refractivity contribution < 1.29 is 0 Å². The van der Waals surface area contributed by atoms with E-state index in [1.54, 1.807) is 0 Å². The minimum absolute atomic E-state index is 0.983. The van der Waals surface area contributed by atoms with Crippen LogP contribution in [0.2, 0.25) is 0 Å². The number of pyridine rings is 1. The zero-order valence-corrected chi connectivity index (χ0v) is 15.7. The molecule has 2 aromatic heterocycles. The number of nitrogens with zero attached hydrogens (tertiary/aromatic N) is 3. The molecule has 28 heavy (non-hydrogen) atoms. The summed E-state index contributed by atoms with van der Waals surface area (Å²) in [4.78, 5) is 11.7. The molecule has 0 unspecified atom stereocenters. The average Bonchev–Trinajstić information content (AvgIpc) is 3.16. The fraction of sp³-hybridized carbons (Fsp3) is 0. The molecule has 0 fully saturated rings. The van der Waals surface area contributed by atoms with Crippen LogP contribution in [0.5, 0.6) is 0 Å². The standard InChI is InChI=1S/C24H15N3S/c1-2-6-17(7-3-1)24-26-19-9-5-11-21-22(19)27(24)20-10-4-8-18(23(20)28-21)16-12-14-25-15-13-16/h1-15H. The number of aromatic nitrogens is 3. The Morgan fingerprint density at radius 1 is 0.714 bits per heavy atom. The lowest BCUT2D eigenvalue weighted by Gasteiger charge is -2.22. The van der Waals surface area contributed by atoms with E-state index in [1.165, 1.54) is 32.1 Å². The second-order valence-electron chi connectivity index (χ2n) is 6.75. The van der Waals surface area contributed by atoms with Crippen molar-refractivity contribution >= 4 is 22.8 Å². The Kier molecular flexibility index (Phi) is 3.40. The number of hydrogen-bond acceptors (Lipinski definition) is 3. The van der Waals surface area contributed by atoms with Gasteiger partial charge in [0.2, 0.25) is 0 Å². The zero-order valence-electron chi connectivity index (χ0n) is 14.9. The van der Waals surface area contributed by atoms with Crippen LogP contribution in [0.1, 0.15) is 0 Å². The van der Waals surface area contributed by atoms with Crippen LogP contribution in [0.15, 0.2) is 101 Å². The van der Waals surface area contributed by atoms with E-state index in [1.807, 2.05) is 30.2 Å². The number of para-hydroxylation sites is 1. The molecule has 1 aliphatic rings. The predicted octanol–water partition coefficient (Wildman–Crippen LogP) is 6.22. The van der Waals surface area contributed by atoms with Crippen molar-refractivity contribution in [2.75, 3.05) is 0 Å². The van der Waals surface area contributed by atoms with Gasteiger partial charge in [-0.25, -0.2) is 4.98 Å². The maximum atomic E-state index is 5.00. The quantitative estimate of drug-likeness (QED) is 0.359. The zero-order chi connectivity index (χ0) is 18.5. The number of hydrogen-bond donors (Lipinski definition) is 0. The van der Waals surface area contributed by atoms with Crippen LogP contribution in [-0.4, -0.2) is 14.5 Å². The summed E-state index contributed by atoms with van der Waals surface area (Å²) in [6.07, 6.45) is 3.70. The second kappa shape index (κ2) is 6.08. The van der Waals surface area contributed by atoms with Gasteiger partial charge >= 0.3 is 0 Å². The summed E-state index contributed by atoms with van der Waals surface area (Å²) in [5.41, 5.74) is 6.92. The molecular weight excluding hydrogens is 362 g/mol. The van der Waals surface area contributed by atoms with E-state index in [-0.39, 0.29) is 0 Å². The molecule has 3 aromatic carbocycles. The summed E-state index contributed by atoms with van der Waals surface area (Å²) >= 11 is 1.82. The second-order valence-corrected chi connectivity index (χ2v) is 7.80. The molecule has 0 aliphatic carbocycles. The normalized spacial score (nSPS) is 12.1. The van der Waals surface area contributed by atoms with E-state index in [0.717, 1.165) is 16.9 Å². The van der Waals surface area contributed by atoms with Gasteiger partial charge < -0.3 is 0 Å². The summed E-state index contributed by atoms with van der Waals surface area (Å²) in [6.45, 7) is 0. The monoisotopic (exact) mass is 377 g/mol. The molecule has 0 saturated heterocycles. The van der Waals surface area contributed by atoms with Gasteiger partial charge in [0.25, 0.3) is 0 Å². The molecule has 5 aromatic rings. The van der Waals surface area contributed by atoms with Crippen molar-refractivity contribution in [2.24, 2.45) is 0 Å². The Morgan fingerprint density at radius 3 is 2.39 bits per heavy atom. The molecule has 6 rings (SSSR count). The smallest absolute Gasteiger partial charge is 0.145 e. The Morgan fingerprint density at radius 2 is 1.54 bits per heavy atom. The molecule has 4 heteroatoms. The van der Waals surface area contributed by atoms with E-state index in [4.69, 9.17) is 4.98 Å². The van der Waals surface area contributed by atoms with Crippen molar-refractivity contribution in [1.29, 1.82) is 0 Å². The molecule has 0 bridgehead atoms. The van der Waals surface area contributed by atoms with Crippen molar-refractivity contribution in [3.8, 4) is 28.2 Å². The number of fused-ring (bicyclic) bond motifs is 2. The largest absolute Gasteiger partial charge is 0.290 e. The first-order chi connectivity index (χ1) is 13.9.